The second-order valence-corrected chi connectivity index (χ2v) is 6.13. The minimum atomic E-state index is -3.63. The zero-order chi connectivity index (χ0) is 14.0. The molecule has 2 rings (SSSR count). The number of morpholine rings is 1. The number of aromatic amines is 1. The monoisotopic (exact) mass is 287 g/mol. The Morgan fingerprint density at radius 1 is 1.74 bits per heavy atom. The first-order valence-electron chi connectivity index (χ1n) is 5.94. The van der Waals surface area contributed by atoms with Gasteiger partial charge in [0.2, 0.25) is 0 Å². The van der Waals surface area contributed by atoms with E-state index in [4.69, 9.17) is 15.9 Å². The third-order valence-corrected chi connectivity index (χ3v) is 4.71. The van der Waals surface area contributed by atoms with E-state index in [-0.39, 0.29) is 30.6 Å². The number of ether oxygens (including phenoxy) is 1. The Morgan fingerprint density at radius 3 is 3.05 bits per heavy atom. The van der Waals surface area contributed by atoms with Crippen LogP contribution in [0.5, 0.6) is 0 Å². The Balaban J connectivity index is 2.21. The van der Waals surface area contributed by atoms with E-state index in [0.717, 1.165) is 0 Å². The molecule has 8 nitrogen and oxygen atoms in total. The molecular weight excluding hydrogens is 270 g/mol. The van der Waals surface area contributed by atoms with Crippen molar-refractivity contribution in [2.24, 2.45) is 5.73 Å². The smallest absolute Gasteiger partial charge is 0.260 e. The number of rotatable bonds is 4. The Hall–Kier alpha value is -1.45. The molecule has 1 aliphatic rings. The topological polar surface area (TPSA) is 125 Å². The zero-order valence-corrected chi connectivity index (χ0v) is 11.4. The van der Waals surface area contributed by atoms with Gasteiger partial charge in [0.15, 0.2) is 5.03 Å². The number of nitrogens with two attached hydrogens (primary N) is 1. The predicted molar refractivity (Wildman–Crippen MR) is 68.4 cm³/mol. The molecule has 1 aliphatic heterocycles. The molecule has 0 spiro atoms. The highest BCUT2D eigenvalue weighted by Gasteiger charge is 2.33. The average molecular weight is 287 g/mol. The summed E-state index contributed by atoms with van der Waals surface area (Å²) in [7, 11) is -3.63. The van der Waals surface area contributed by atoms with Crippen LogP contribution >= 0.6 is 0 Å². The Labute approximate surface area is 111 Å². The minimum absolute atomic E-state index is 0.0537. The summed E-state index contributed by atoms with van der Waals surface area (Å²) < 4.78 is 31.2. The van der Waals surface area contributed by atoms with Gasteiger partial charge < -0.3 is 15.5 Å². The number of aryl methyl sites for hydroxylation is 1. The van der Waals surface area contributed by atoms with E-state index >= 15 is 0 Å². The number of imidazole rings is 1. The summed E-state index contributed by atoms with van der Waals surface area (Å²) in [5.41, 5.74) is 5.35. The second-order valence-electron chi connectivity index (χ2n) is 4.23. The van der Waals surface area contributed by atoms with Gasteiger partial charge in [0, 0.05) is 19.5 Å². The number of aromatic nitrogens is 2. The van der Waals surface area contributed by atoms with Crippen molar-refractivity contribution < 1.29 is 13.2 Å². The van der Waals surface area contributed by atoms with Gasteiger partial charge in [0.05, 0.1) is 12.8 Å². The summed E-state index contributed by atoms with van der Waals surface area (Å²) in [4.78, 5) is 6.77. The van der Waals surface area contributed by atoms with Gasteiger partial charge in [0.25, 0.3) is 10.0 Å². The molecule has 1 aromatic heterocycles. The van der Waals surface area contributed by atoms with Crippen LogP contribution in [0.3, 0.4) is 0 Å². The normalized spacial score (nSPS) is 21.4. The maximum Gasteiger partial charge on any atom is 0.260 e. The maximum absolute atomic E-state index is 12.4. The predicted octanol–water partition coefficient (Wildman–Crippen LogP) is -0.702. The number of amidine groups is 1. The molecule has 9 heteroatoms. The third-order valence-electron chi connectivity index (χ3n) is 2.93. The number of nitrogens with zero attached hydrogens (tertiary/aromatic N) is 2. The van der Waals surface area contributed by atoms with E-state index in [1.165, 1.54) is 10.5 Å². The average Bonchev–Trinajstić information content (AvgIpc) is 2.88. The quantitative estimate of drug-likeness (QED) is 0.498. The highest BCUT2D eigenvalue weighted by Crippen LogP contribution is 2.17. The van der Waals surface area contributed by atoms with Crippen LogP contribution < -0.4 is 5.73 Å². The number of hydrogen-bond donors (Lipinski definition) is 3. The van der Waals surface area contributed by atoms with Crippen LogP contribution in [-0.2, 0) is 21.2 Å². The fourth-order valence-corrected chi connectivity index (χ4v) is 3.18. The molecule has 0 aromatic carbocycles. The first kappa shape index (κ1) is 14.0. The van der Waals surface area contributed by atoms with Gasteiger partial charge in [-0.25, -0.2) is 13.4 Å². The van der Waals surface area contributed by atoms with Crippen LogP contribution in [-0.4, -0.2) is 54.3 Å². The molecule has 1 fully saturated rings. The summed E-state index contributed by atoms with van der Waals surface area (Å²) in [6.45, 7) is 2.40. The van der Waals surface area contributed by atoms with Gasteiger partial charge in [-0.15, -0.1) is 0 Å². The number of H-pyrrole nitrogens is 1. The second kappa shape index (κ2) is 5.27. The molecule has 1 atom stereocenters. The van der Waals surface area contributed by atoms with Crippen molar-refractivity contribution in [2.45, 2.75) is 24.5 Å². The third kappa shape index (κ3) is 2.77. The molecule has 0 saturated carbocycles. The number of sulfonamides is 1. The molecule has 1 saturated heterocycles. The molecule has 19 heavy (non-hydrogen) atoms. The van der Waals surface area contributed by atoms with E-state index in [9.17, 15) is 8.42 Å². The molecule has 1 unspecified atom stereocenters. The SMILES string of the molecule is CCc1ncc(S(=O)(=O)N2CCOC(C(=N)N)C2)[nH]1. The van der Waals surface area contributed by atoms with Crippen molar-refractivity contribution in [1.29, 1.82) is 5.41 Å². The first-order chi connectivity index (χ1) is 8.95. The van der Waals surface area contributed by atoms with Crippen molar-refractivity contribution >= 4 is 15.9 Å². The molecular formula is C10H17N5O3S. The molecule has 0 bridgehead atoms. The Kier molecular flexibility index (Phi) is 3.88. The van der Waals surface area contributed by atoms with Crippen LogP contribution in [0.4, 0.5) is 0 Å². The molecule has 4 N–H and O–H groups in total. The maximum atomic E-state index is 12.4. The highest BCUT2D eigenvalue weighted by atomic mass is 32.2. The van der Waals surface area contributed by atoms with Gasteiger partial charge in [-0.1, -0.05) is 6.92 Å². The van der Waals surface area contributed by atoms with Crippen LogP contribution in [0.1, 0.15) is 12.7 Å². The van der Waals surface area contributed by atoms with Gasteiger partial charge >= 0.3 is 0 Å². The van der Waals surface area contributed by atoms with E-state index in [1.54, 1.807) is 0 Å². The lowest BCUT2D eigenvalue weighted by Crippen LogP contribution is -2.50. The highest BCUT2D eigenvalue weighted by molar-refractivity contribution is 7.89. The largest absolute Gasteiger partial charge is 0.385 e. The summed E-state index contributed by atoms with van der Waals surface area (Å²) in [6.07, 6.45) is 1.26. The van der Waals surface area contributed by atoms with E-state index in [2.05, 4.69) is 9.97 Å². The summed E-state index contributed by atoms with van der Waals surface area (Å²) in [5.74, 6) is 0.453. The van der Waals surface area contributed by atoms with Gasteiger partial charge in [0.1, 0.15) is 17.8 Å². The molecule has 0 radical (unpaired) electrons. The van der Waals surface area contributed by atoms with E-state index < -0.39 is 16.1 Å². The van der Waals surface area contributed by atoms with Crippen molar-refractivity contribution in [3.8, 4) is 0 Å². The zero-order valence-electron chi connectivity index (χ0n) is 10.6. The van der Waals surface area contributed by atoms with Crippen molar-refractivity contribution in [3.63, 3.8) is 0 Å². The summed E-state index contributed by atoms with van der Waals surface area (Å²) >= 11 is 0. The summed E-state index contributed by atoms with van der Waals surface area (Å²) in [5, 5.41) is 7.40. The lowest BCUT2D eigenvalue weighted by molar-refractivity contribution is 0.0367. The number of hydrogen-bond acceptors (Lipinski definition) is 5. The Bertz CT molecular complexity index is 567. The first-order valence-corrected chi connectivity index (χ1v) is 7.38. The summed E-state index contributed by atoms with van der Waals surface area (Å²) in [6, 6.07) is 0. The van der Waals surface area contributed by atoms with Crippen molar-refractivity contribution in [3.05, 3.63) is 12.0 Å². The van der Waals surface area contributed by atoms with E-state index in [0.29, 0.717) is 12.2 Å². The van der Waals surface area contributed by atoms with E-state index in [1.807, 2.05) is 6.92 Å². The number of nitrogens with one attached hydrogen (secondary N) is 2. The van der Waals surface area contributed by atoms with Crippen LogP contribution in [0.15, 0.2) is 11.2 Å². The molecule has 0 amide bonds. The van der Waals surface area contributed by atoms with Crippen LogP contribution in [0, 0.1) is 5.41 Å². The van der Waals surface area contributed by atoms with Crippen LogP contribution in [0.2, 0.25) is 0 Å². The Morgan fingerprint density at radius 2 is 2.47 bits per heavy atom. The van der Waals surface area contributed by atoms with Gasteiger partial charge in [-0.3, -0.25) is 5.41 Å². The minimum Gasteiger partial charge on any atom is -0.385 e. The van der Waals surface area contributed by atoms with Gasteiger partial charge in [-0.05, 0) is 0 Å². The fourth-order valence-electron chi connectivity index (χ4n) is 1.83. The van der Waals surface area contributed by atoms with Crippen LogP contribution in [0.25, 0.3) is 0 Å². The molecule has 1 aromatic rings. The lowest BCUT2D eigenvalue weighted by Gasteiger charge is -2.30. The molecule has 2 heterocycles. The standard InChI is InChI=1S/C10H17N5O3S/c1-2-8-13-5-9(14-8)19(16,17)15-3-4-18-7(6-15)10(11)12/h5,7H,2-4,6H2,1H3,(H3,11,12)(H,13,14). The lowest BCUT2D eigenvalue weighted by atomic mass is 10.3. The van der Waals surface area contributed by atoms with Crippen molar-refractivity contribution in [1.82, 2.24) is 14.3 Å². The molecule has 0 aliphatic carbocycles. The van der Waals surface area contributed by atoms with Crippen molar-refractivity contribution in [2.75, 3.05) is 19.7 Å². The molecule has 106 valence electrons. The van der Waals surface area contributed by atoms with Gasteiger partial charge in [-0.2, -0.15) is 4.31 Å². The fraction of sp³-hybridized carbons (Fsp3) is 0.600.